The first-order valence-electron chi connectivity index (χ1n) is 11.7. The number of nitrogens with one attached hydrogen (secondary N) is 1. The maximum Gasteiger partial charge on any atom is 0.243 e. The highest BCUT2D eigenvalue weighted by Gasteiger charge is 2.30. The van der Waals surface area contributed by atoms with E-state index in [1.54, 1.807) is 35.2 Å². The molecule has 3 rings (SSSR count). The molecule has 0 saturated carbocycles. The largest absolute Gasteiger partial charge is 0.354 e. The van der Waals surface area contributed by atoms with Crippen LogP contribution in [-0.2, 0) is 29.0 Å². The average molecular weight is 532 g/mol. The van der Waals surface area contributed by atoms with Gasteiger partial charge in [-0.05, 0) is 47.4 Å². The van der Waals surface area contributed by atoms with Gasteiger partial charge in [0.05, 0.1) is 6.42 Å². The molecule has 0 fully saturated rings. The number of carbonyl (C=O) groups excluding carboxylic acids is 2. The van der Waals surface area contributed by atoms with E-state index in [0.717, 1.165) is 29.5 Å². The standard InChI is InChI=1S/C28H29Cl3N2O2/c1-2-3-14-32-28(35)26(16-20-8-5-4-6-9-20)33(19-22-12-13-24(30)18-25(22)31)27(34)17-21-10-7-11-23(29)15-21/h4-13,15,18,26H,2-3,14,16-17,19H2,1H3,(H,32,35)/t26-/m1/s1. The van der Waals surface area contributed by atoms with Crippen molar-refractivity contribution in [1.29, 1.82) is 0 Å². The SMILES string of the molecule is CCCCNC(=O)[C@@H](Cc1ccccc1)N(Cc1ccc(Cl)cc1Cl)C(=O)Cc1cccc(Cl)c1. The van der Waals surface area contributed by atoms with Crippen molar-refractivity contribution in [3.63, 3.8) is 0 Å². The van der Waals surface area contributed by atoms with Crippen LogP contribution in [0.15, 0.2) is 72.8 Å². The topological polar surface area (TPSA) is 49.4 Å². The quantitative estimate of drug-likeness (QED) is 0.278. The van der Waals surface area contributed by atoms with E-state index in [1.165, 1.54) is 0 Å². The van der Waals surface area contributed by atoms with Gasteiger partial charge >= 0.3 is 0 Å². The number of halogens is 3. The summed E-state index contributed by atoms with van der Waals surface area (Å²) in [4.78, 5) is 28.7. The molecule has 0 aromatic heterocycles. The number of carbonyl (C=O) groups is 2. The Morgan fingerprint density at radius 3 is 2.29 bits per heavy atom. The summed E-state index contributed by atoms with van der Waals surface area (Å²) in [7, 11) is 0. The predicted octanol–water partition coefficient (Wildman–Crippen LogP) is 6.75. The van der Waals surface area contributed by atoms with Crippen LogP contribution >= 0.6 is 34.8 Å². The van der Waals surface area contributed by atoms with Gasteiger partial charge in [0.25, 0.3) is 0 Å². The van der Waals surface area contributed by atoms with E-state index in [4.69, 9.17) is 34.8 Å². The summed E-state index contributed by atoms with van der Waals surface area (Å²) in [6.45, 7) is 2.80. The number of amides is 2. The molecule has 0 heterocycles. The Hall–Kier alpha value is -2.53. The highest BCUT2D eigenvalue weighted by Crippen LogP contribution is 2.25. The molecule has 0 bridgehead atoms. The minimum absolute atomic E-state index is 0.110. The van der Waals surface area contributed by atoms with Gasteiger partial charge in [-0.15, -0.1) is 0 Å². The van der Waals surface area contributed by atoms with Gasteiger partial charge in [0.2, 0.25) is 11.8 Å². The van der Waals surface area contributed by atoms with E-state index >= 15 is 0 Å². The Balaban J connectivity index is 1.97. The van der Waals surface area contributed by atoms with Crippen LogP contribution in [0.5, 0.6) is 0 Å². The molecule has 0 unspecified atom stereocenters. The monoisotopic (exact) mass is 530 g/mol. The van der Waals surface area contributed by atoms with E-state index in [9.17, 15) is 9.59 Å². The zero-order chi connectivity index (χ0) is 25.2. The van der Waals surface area contributed by atoms with Gasteiger partial charge in [0, 0.05) is 34.6 Å². The molecule has 4 nitrogen and oxygen atoms in total. The molecule has 0 aliphatic carbocycles. The fourth-order valence-electron chi connectivity index (χ4n) is 3.82. The third-order valence-corrected chi connectivity index (χ3v) is 6.52. The third kappa shape index (κ3) is 8.28. The summed E-state index contributed by atoms with van der Waals surface area (Å²) in [5.41, 5.74) is 2.46. The minimum atomic E-state index is -0.715. The van der Waals surface area contributed by atoms with Crippen molar-refractivity contribution in [2.75, 3.05) is 6.54 Å². The van der Waals surface area contributed by atoms with Crippen molar-refractivity contribution in [1.82, 2.24) is 10.2 Å². The van der Waals surface area contributed by atoms with Crippen molar-refractivity contribution < 1.29 is 9.59 Å². The number of benzene rings is 3. The zero-order valence-electron chi connectivity index (χ0n) is 19.6. The molecule has 2 amide bonds. The summed E-state index contributed by atoms with van der Waals surface area (Å²) in [6, 6.07) is 21.3. The summed E-state index contributed by atoms with van der Waals surface area (Å²) in [5.74, 6) is -0.378. The summed E-state index contributed by atoms with van der Waals surface area (Å²) in [5, 5.41) is 4.53. The first-order valence-corrected chi connectivity index (χ1v) is 12.8. The number of hydrogen-bond donors (Lipinski definition) is 1. The van der Waals surface area contributed by atoms with Crippen molar-refractivity contribution >= 4 is 46.6 Å². The molecule has 1 N–H and O–H groups in total. The van der Waals surface area contributed by atoms with Crippen LogP contribution in [0.2, 0.25) is 15.1 Å². The van der Waals surface area contributed by atoms with Gasteiger partial charge < -0.3 is 10.2 Å². The normalized spacial score (nSPS) is 11.7. The van der Waals surface area contributed by atoms with Crippen molar-refractivity contribution in [2.24, 2.45) is 0 Å². The van der Waals surface area contributed by atoms with Gasteiger partial charge in [-0.25, -0.2) is 0 Å². The molecule has 184 valence electrons. The van der Waals surface area contributed by atoms with Gasteiger partial charge in [0.1, 0.15) is 6.04 Å². The number of hydrogen-bond acceptors (Lipinski definition) is 2. The van der Waals surface area contributed by atoms with Crippen LogP contribution in [0.25, 0.3) is 0 Å². The lowest BCUT2D eigenvalue weighted by atomic mass is 10.0. The lowest BCUT2D eigenvalue weighted by Crippen LogP contribution is -2.51. The Kier molecular flexibility index (Phi) is 10.5. The molecule has 7 heteroatoms. The molecule has 0 aliphatic heterocycles. The van der Waals surface area contributed by atoms with Crippen LogP contribution in [0.1, 0.15) is 36.5 Å². The lowest BCUT2D eigenvalue weighted by molar-refractivity contribution is -0.140. The Morgan fingerprint density at radius 2 is 1.60 bits per heavy atom. The summed E-state index contributed by atoms with van der Waals surface area (Å²) >= 11 is 18.7. The van der Waals surface area contributed by atoms with Gasteiger partial charge in [-0.1, -0.05) is 96.7 Å². The second-order valence-electron chi connectivity index (χ2n) is 8.41. The fraction of sp³-hybridized carbons (Fsp3) is 0.286. The predicted molar refractivity (Wildman–Crippen MR) is 144 cm³/mol. The van der Waals surface area contributed by atoms with Gasteiger partial charge in [0.15, 0.2) is 0 Å². The highest BCUT2D eigenvalue weighted by molar-refractivity contribution is 6.35. The molecule has 3 aromatic rings. The first kappa shape index (κ1) is 27.1. The molecular formula is C28H29Cl3N2O2. The van der Waals surface area contributed by atoms with Gasteiger partial charge in [-0.2, -0.15) is 0 Å². The minimum Gasteiger partial charge on any atom is -0.354 e. The van der Waals surface area contributed by atoms with Crippen molar-refractivity contribution in [2.45, 2.75) is 45.2 Å². The van der Waals surface area contributed by atoms with E-state index in [2.05, 4.69) is 12.2 Å². The van der Waals surface area contributed by atoms with Crippen LogP contribution in [0, 0.1) is 0 Å². The highest BCUT2D eigenvalue weighted by atomic mass is 35.5. The van der Waals surface area contributed by atoms with Gasteiger partial charge in [-0.3, -0.25) is 9.59 Å². The average Bonchev–Trinajstić information content (AvgIpc) is 2.83. The second-order valence-corrected chi connectivity index (χ2v) is 9.69. The second kappa shape index (κ2) is 13.5. The molecule has 35 heavy (non-hydrogen) atoms. The summed E-state index contributed by atoms with van der Waals surface area (Å²) < 4.78 is 0. The zero-order valence-corrected chi connectivity index (χ0v) is 21.9. The number of unbranched alkanes of at least 4 members (excludes halogenated alkanes) is 1. The van der Waals surface area contributed by atoms with E-state index < -0.39 is 6.04 Å². The molecule has 0 radical (unpaired) electrons. The van der Waals surface area contributed by atoms with E-state index in [0.29, 0.717) is 28.0 Å². The lowest BCUT2D eigenvalue weighted by Gasteiger charge is -2.32. The Labute approximate surface area is 222 Å². The van der Waals surface area contributed by atoms with Crippen LogP contribution in [-0.4, -0.2) is 29.3 Å². The van der Waals surface area contributed by atoms with Crippen LogP contribution in [0.4, 0.5) is 0 Å². The maximum absolute atomic E-state index is 13.7. The van der Waals surface area contributed by atoms with Crippen molar-refractivity contribution in [3.05, 3.63) is 105 Å². The Morgan fingerprint density at radius 1 is 0.886 bits per heavy atom. The molecule has 3 aromatic carbocycles. The van der Waals surface area contributed by atoms with Crippen LogP contribution < -0.4 is 5.32 Å². The molecular weight excluding hydrogens is 503 g/mol. The Bertz CT molecular complexity index is 1140. The van der Waals surface area contributed by atoms with Crippen LogP contribution in [0.3, 0.4) is 0 Å². The number of nitrogens with zero attached hydrogens (tertiary/aromatic N) is 1. The molecule has 0 spiro atoms. The third-order valence-electron chi connectivity index (χ3n) is 5.70. The number of rotatable bonds is 11. The maximum atomic E-state index is 13.7. The smallest absolute Gasteiger partial charge is 0.243 e. The van der Waals surface area contributed by atoms with E-state index in [1.807, 2.05) is 42.5 Å². The fourth-order valence-corrected chi connectivity index (χ4v) is 4.50. The molecule has 1 atom stereocenters. The van der Waals surface area contributed by atoms with Crippen molar-refractivity contribution in [3.8, 4) is 0 Å². The molecule has 0 aliphatic rings. The first-order chi connectivity index (χ1) is 16.9. The molecule has 0 saturated heterocycles. The van der Waals surface area contributed by atoms with E-state index in [-0.39, 0.29) is 24.8 Å². The summed E-state index contributed by atoms with van der Waals surface area (Å²) in [6.07, 6.45) is 2.31.